The maximum Gasteiger partial charge on any atom is 0.247 e. The lowest BCUT2D eigenvalue weighted by molar-refractivity contribution is 0.417. The Morgan fingerprint density at radius 1 is 1.67 bits per heavy atom. The van der Waals surface area contributed by atoms with Crippen LogP contribution in [0.3, 0.4) is 0 Å². The molecule has 1 unspecified atom stereocenters. The Kier molecular flexibility index (Phi) is 5.02. The van der Waals surface area contributed by atoms with Gasteiger partial charge in [-0.15, -0.1) is 11.6 Å². The van der Waals surface area contributed by atoms with Crippen LogP contribution in [0.2, 0.25) is 12.6 Å². The average Bonchev–Trinajstić information content (AvgIpc) is 1.84. The Balaban J connectivity index is 3.33. The van der Waals surface area contributed by atoms with E-state index in [1.165, 1.54) is 0 Å². The third-order valence-electron chi connectivity index (χ3n) is 1.21. The molecule has 0 N–H and O–H groups in total. The highest BCUT2D eigenvalue weighted by molar-refractivity contribution is 8.13. The van der Waals surface area contributed by atoms with Gasteiger partial charge in [0.25, 0.3) is 0 Å². The van der Waals surface area contributed by atoms with Crippen LogP contribution in [-0.2, 0) is 4.43 Å². The number of hydrogen-bond acceptors (Lipinski definition) is 2. The number of alkyl halides is 1. The van der Waals surface area contributed by atoms with Crippen molar-refractivity contribution in [3.8, 4) is 0 Å². The smallest absolute Gasteiger partial charge is 0.247 e. The molecule has 1 atom stereocenters. The number of rotatable bonds is 4. The van der Waals surface area contributed by atoms with Crippen LogP contribution < -0.4 is 0 Å². The van der Waals surface area contributed by atoms with E-state index in [1.807, 2.05) is 0 Å². The predicted molar refractivity (Wildman–Crippen MR) is 47.8 cm³/mol. The maximum absolute atomic E-state index is 5.50. The zero-order valence-electron chi connectivity index (χ0n) is 5.85. The molecule has 4 heteroatoms. The highest BCUT2D eigenvalue weighted by Crippen LogP contribution is 2.16. The molecule has 0 radical (unpaired) electrons. The summed E-state index contributed by atoms with van der Waals surface area (Å²) in [7, 11) is 0.127. The van der Waals surface area contributed by atoms with Crippen molar-refractivity contribution in [3.63, 3.8) is 0 Å². The summed E-state index contributed by atoms with van der Waals surface area (Å²) in [5.41, 5.74) is 0. The molecule has 0 aliphatic carbocycles. The number of hydrogen-bond donors (Lipinski definition) is 1. The molecule has 0 fully saturated rings. The SMILES string of the molecule is CO[Si](C)(S)CCCCl. The van der Waals surface area contributed by atoms with E-state index in [0.717, 1.165) is 12.5 Å². The Morgan fingerprint density at radius 3 is 2.56 bits per heavy atom. The molecular weight excluding hydrogens is 172 g/mol. The van der Waals surface area contributed by atoms with Gasteiger partial charge in [0, 0.05) is 13.0 Å². The van der Waals surface area contributed by atoms with Gasteiger partial charge in [-0.2, -0.15) is 12.1 Å². The van der Waals surface area contributed by atoms with E-state index in [4.69, 9.17) is 16.0 Å². The van der Waals surface area contributed by atoms with Crippen molar-refractivity contribution in [2.45, 2.75) is 19.0 Å². The summed E-state index contributed by atoms with van der Waals surface area (Å²) in [4.78, 5) is 0. The predicted octanol–water partition coefficient (Wildman–Crippen LogP) is 2.26. The van der Waals surface area contributed by atoms with Gasteiger partial charge in [0.15, 0.2) is 0 Å². The standard InChI is InChI=1S/C5H13ClOSSi/c1-7-9(2,8)5-3-4-6/h8H,3-5H2,1-2H3. The Hall–Kier alpha value is 0.817. The molecule has 0 saturated carbocycles. The summed E-state index contributed by atoms with van der Waals surface area (Å²) >= 11 is 9.88. The summed E-state index contributed by atoms with van der Waals surface area (Å²) in [6, 6.07) is 1.04. The molecule has 0 aromatic rings. The van der Waals surface area contributed by atoms with Crippen LogP contribution in [0.15, 0.2) is 0 Å². The van der Waals surface area contributed by atoms with E-state index >= 15 is 0 Å². The van der Waals surface area contributed by atoms with Crippen molar-refractivity contribution in [2.75, 3.05) is 13.0 Å². The van der Waals surface area contributed by atoms with Crippen LogP contribution in [0.4, 0.5) is 0 Å². The zero-order valence-corrected chi connectivity index (χ0v) is 8.51. The van der Waals surface area contributed by atoms with Crippen molar-refractivity contribution in [2.24, 2.45) is 0 Å². The van der Waals surface area contributed by atoms with Crippen LogP contribution in [0.1, 0.15) is 6.42 Å². The molecule has 0 rings (SSSR count). The first-order valence-corrected chi connectivity index (χ1v) is 7.40. The van der Waals surface area contributed by atoms with Crippen molar-refractivity contribution in [3.05, 3.63) is 0 Å². The van der Waals surface area contributed by atoms with Crippen molar-refractivity contribution >= 4 is 31.1 Å². The Morgan fingerprint density at radius 2 is 2.22 bits per heavy atom. The molecule has 0 bridgehead atoms. The van der Waals surface area contributed by atoms with E-state index < -0.39 is 7.47 Å². The molecular formula is C5H13ClOSSi. The third kappa shape index (κ3) is 5.27. The minimum absolute atomic E-state index is 0.715. The molecule has 0 aromatic heterocycles. The van der Waals surface area contributed by atoms with Crippen molar-refractivity contribution in [1.29, 1.82) is 0 Å². The second-order valence-electron chi connectivity index (χ2n) is 2.17. The average molecular weight is 185 g/mol. The van der Waals surface area contributed by atoms with E-state index in [-0.39, 0.29) is 0 Å². The lowest BCUT2D eigenvalue weighted by Crippen LogP contribution is -2.25. The molecule has 0 aliphatic heterocycles. The second kappa shape index (κ2) is 4.60. The molecule has 0 heterocycles. The van der Waals surface area contributed by atoms with Gasteiger partial charge in [-0.25, -0.2) is 0 Å². The fourth-order valence-corrected chi connectivity index (χ4v) is 2.37. The first-order valence-electron chi connectivity index (χ1n) is 2.96. The number of halogens is 1. The third-order valence-corrected chi connectivity index (χ3v) is 4.86. The lowest BCUT2D eigenvalue weighted by Gasteiger charge is -2.16. The van der Waals surface area contributed by atoms with Crippen molar-refractivity contribution in [1.82, 2.24) is 0 Å². The molecule has 0 aromatic carbocycles. The monoisotopic (exact) mass is 184 g/mol. The normalized spacial score (nSPS) is 17.3. The van der Waals surface area contributed by atoms with Gasteiger partial charge in [-0.1, -0.05) is 0 Å². The molecule has 0 amide bonds. The van der Waals surface area contributed by atoms with E-state index in [2.05, 4.69) is 18.6 Å². The molecule has 56 valence electrons. The highest BCUT2D eigenvalue weighted by Gasteiger charge is 2.20. The van der Waals surface area contributed by atoms with Gasteiger partial charge in [-0.3, -0.25) is 0 Å². The second-order valence-corrected chi connectivity index (χ2v) is 8.65. The largest absolute Gasteiger partial charge is 0.410 e. The molecule has 0 saturated heterocycles. The summed E-state index contributed by atoms with van der Waals surface area (Å²) < 4.78 is 5.18. The molecule has 0 spiro atoms. The fraction of sp³-hybridized carbons (Fsp3) is 1.00. The minimum Gasteiger partial charge on any atom is -0.410 e. The van der Waals surface area contributed by atoms with Crippen LogP contribution in [0, 0.1) is 0 Å². The van der Waals surface area contributed by atoms with E-state index in [1.54, 1.807) is 7.11 Å². The van der Waals surface area contributed by atoms with Gasteiger partial charge in [0.05, 0.1) is 0 Å². The Labute approximate surface area is 67.9 Å². The van der Waals surface area contributed by atoms with Gasteiger partial charge in [0.2, 0.25) is 7.47 Å². The van der Waals surface area contributed by atoms with Crippen LogP contribution in [-0.4, -0.2) is 20.5 Å². The molecule has 0 aliphatic rings. The first kappa shape index (κ1) is 9.82. The van der Waals surface area contributed by atoms with Gasteiger partial charge in [0.1, 0.15) is 0 Å². The van der Waals surface area contributed by atoms with Gasteiger partial charge < -0.3 is 4.43 Å². The lowest BCUT2D eigenvalue weighted by atomic mass is 10.6. The minimum atomic E-state index is -1.59. The zero-order chi connectivity index (χ0) is 7.33. The quantitative estimate of drug-likeness (QED) is 0.401. The summed E-state index contributed by atoms with van der Waals surface area (Å²) in [6.07, 6.45) is 1.02. The molecule has 9 heavy (non-hydrogen) atoms. The highest BCUT2D eigenvalue weighted by atomic mass is 35.5. The van der Waals surface area contributed by atoms with Crippen LogP contribution in [0.25, 0.3) is 0 Å². The summed E-state index contributed by atoms with van der Waals surface area (Å²) in [6.45, 7) is 2.07. The summed E-state index contributed by atoms with van der Waals surface area (Å²) in [5, 5.41) is 0. The van der Waals surface area contributed by atoms with Crippen LogP contribution in [0.5, 0.6) is 0 Å². The maximum atomic E-state index is 5.50. The van der Waals surface area contributed by atoms with E-state index in [9.17, 15) is 0 Å². The topological polar surface area (TPSA) is 9.23 Å². The van der Waals surface area contributed by atoms with Gasteiger partial charge in [-0.05, 0) is 19.0 Å². The fourth-order valence-electron chi connectivity index (χ4n) is 0.497. The Bertz CT molecular complexity index is 79.4. The van der Waals surface area contributed by atoms with E-state index in [0.29, 0.717) is 5.88 Å². The molecule has 1 nitrogen and oxygen atoms in total. The number of thiol groups is 1. The van der Waals surface area contributed by atoms with Crippen molar-refractivity contribution < 1.29 is 4.43 Å². The van der Waals surface area contributed by atoms with Crippen LogP contribution >= 0.6 is 23.7 Å². The van der Waals surface area contributed by atoms with Gasteiger partial charge >= 0.3 is 0 Å². The summed E-state index contributed by atoms with van der Waals surface area (Å²) in [5.74, 6) is 0.715. The first-order chi connectivity index (χ1) is 4.12.